The van der Waals surface area contributed by atoms with Crippen molar-refractivity contribution >= 4 is 5.97 Å². The molecule has 0 aliphatic heterocycles. The predicted molar refractivity (Wildman–Crippen MR) is 90.1 cm³/mol. The van der Waals surface area contributed by atoms with Crippen LogP contribution in [-0.2, 0) is 11.2 Å². The topological polar surface area (TPSA) is 50.4 Å². The van der Waals surface area contributed by atoms with E-state index in [9.17, 15) is 9.90 Å². The van der Waals surface area contributed by atoms with E-state index in [1.54, 1.807) is 6.26 Å². The number of rotatable bonds is 4. The van der Waals surface area contributed by atoms with Crippen molar-refractivity contribution in [3.05, 3.63) is 35.8 Å². The number of fused-ring (bicyclic) bond motifs is 1. The monoisotopic (exact) mass is 316 g/mol. The Morgan fingerprint density at radius 1 is 1.39 bits per heavy atom. The van der Waals surface area contributed by atoms with Crippen LogP contribution in [0.25, 0.3) is 0 Å². The van der Waals surface area contributed by atoms with Gasteiger partial charge in [-0.3, -0.25) is 0 Å². The Bertz CT molecular complexity index is 600. The first-order valence-electron chi connectivity index (χ1n) is 8.83. The lowest BCUT2D eigenvalue weighted by Gasteiger charge is -2.57. The molecule has 1 saturated carbocycles. The lowest BCUT2D eigenvalue weighted by atomic mass is 9.46. The summed E-state index contributed by atoms with van der Waals surface area (Å²) in [4.78, 5) is 11.8. The molecule has 3 rings (SSSR count). The highest BCUT2D eigenvalue weighted by Gasteiger charge is 2.55. The highest BCUT2D eigenvalue weighted by molar-refractivity contribution is 5.88. The Kier molecular flexibility index (Phi) is 4.16. The smallest absolute Gasteiger partial charge is 0.331 e. The number of carbonyl (C=O) groups is 1. The van der Waals surface area contributed by atoms with Gasteiger partial charge in [-0.05, 0) is 67.4 Å². The van der Waals surface area contributed by atoms with Gasteiger partial charge in [-0.2, -0.15) is 0 Å². The normalized spacial score (nSPS) is 37.1. The first kappa shape index (κ1) is 16.4. The van der Waals surface area contributed by atoms with Crippen LogP contribution in [-0.4, -0.2) is 11.1 Å². The third kappa shape index (κ3) is 2.64. The number of hydrogen-bond acceptors (Lipinski definition) is 2. The Balaban J connectivity index is 1.89. The quantitative estimate of drug-likeness (QED) is 0.843. The molecule has 2 aliphatic rings. The van der Waals surface area contributed by atoms with E-state index in [1.165, 1.54) is 5.56 Å². The summed E-state index contributed by atoms with van der Waals surface area (Å²) in [5.41, 5.74) is 1.91. The van der Waals surface area contributed by atoms with Crippen LogP contribution >= 0.6 is 0 Å². The predicted octanol–water partition coefficient (Wildman–Crippen LogP) is 5.08. The number of aryl methyl sites for hydroxylation is 1. The molecule has 0 radical (unpaired) electrons. The van der Waals surface area contributed by atoms with Gasteiger partial charge in [-0.25, -0.2) is 4.79 Å². The second-order valence-corrected chi connectivity index (χ2v) is 8.05. The van der Waals surface area contributed by atoms with Crippen molar-refractivity contribution in [2.75, 3.05) is 0 Å². The molecule has 0 bridgehead atoms. The molecule has 0 saturated heterocycles. The molecule has 1 aromatic rings. The number of furan rings is 1. The number of aliphatic carboxylic acids is 1. The molecule has 4 atom stereocenters. The number of allylic oxidation sites excluding steroid dienone is 1. The maximum atomic E-state index is 11.8. The number of carboxylic acid groups (broad SMARTS) is 1. The van der Waals surface area contributed by atoms with Crippen LogP contribution in [0.4, 0.5) is 0 Å². The fraction of sp³-hybridized carbons (Fsp3) is 0.650. The summed E-state index contributed by atoms with van der Waals surface area (Å²) in [7, 11) is 0. The summed E-state index contributed by atoms with van der Waals surface area (Å²) >= 11 is 0. The summed E-state index contributed by atoms with van der Waals surface area (Å²) < 4.78 is 5.20. The van der Waals surface area contributed by atoms with Crippen molar-refractivity contribution < 1.29 is 14.3 Å². The summed E-state index contributed by atoms with van der Waals surface area (Å²) in [6.07, 6.45) is 11.8. The van der Waals surface area contributed by atoms with Gasteiger partial charge in [0.1, 0.15) is 0 Å². The van der Waals surface area contributed by atoms with Gasteiger partial charge in [0.15, 0.2) is 0 Å². The zero-order valence-corrected chi connectivity index (χ0v) is 14.5. The molecule has 1 N–H and O–H groups in total. The molecule has 0 amide bonds. The van der Waals surface area contributed by atoms with Crippen molar-refractivity contribution in [3.63, 3.8) is 0 Å². The Morgan fingerprint density at radius 2 is 2.17 bits per heavy atom. The standard InChI is InChI=1S/C20H28O3/c1-14-7-10-20(3)16(18(21)22)5-4-6-17(20)19(14,2)11-8-15-9-12-23-13-15/h5,9,12-14,17H,4,6-8,10-11H2,1-3H3,(H,21,22)/t14?,17-,19+,20+/m1/s1. The van der Waals surface area contributed by atoms with E-state index in [2.05, 4.69) is 20.8 Å². The van der Waals surface area contributed by atoms with Gasteiger partial charge in [-0.15, -0.1) is 0 Å². The third-order valence-electron chi connectivity index (χ3n) is 6.97. The second-order valence-electron chi connectivity index (χ2n) is 8.05. The Labute approximate surface area is 138 Å². The molecule has 1 heterocycles. The van der Waals surface area contributed by atoms with Crippen molar-refractivity contribution in [1.82, 2.24) is 0 Å². The maximum Gasteiger partial charge on any atom is 0.331 e. The van der Waals surface area contributed by atoms with Gasteiger partial charge >= 0.3 is 5.97 Å². The van der Waals surface area contributed by atoms with Crippen molar-refractivity contribution in [3.8, 4) is 0 Å². The second kappa shape index (κ2) is 5.85. The minimum Gasteiger partial charge on any atom is -0.478 e. The van der Waals surface area contributed by atoms with Gasteiger partial charge in [0.2, 0.25) is 0 Å². The van der Waals surface area contributed by atoms with E-state index in [4.69, 9.17) is 4.42 Å². The Morgan fingerprint density at radius 3 is 2.83 bits per heavy atom. The maximum absolute atomic E-state index is 11.8. The van der Waals surface area contributed by atoms with Gasteiger partial charge in [-0.1, -0.05) is 26.8 Å². The van der Waals surface area contributed by atoms with Crippen LogP contribution in [0.15, 0.2) is 34.7 Å². The molecular weight excluding hydrogens is 288 g/mol. The highest BCUT2D eigenvalue weighted by atomic mass is 16.4. The molecule has 1 aromatic heterocycles. The molecule has 0 spiro atoms. The fourth-order valence-electron chi connectivity index (χ4n) is 5.29. The van der Waals surface area contributed by atoms with Crippen LogP contribution in [0.2, 0.25) is 0 Å². The molecule has 2 aliphatic carbocycles. The van der Waals surface area contributed by atoms with E-state index in [0.29, 0.717) is 17.4 Å². The van der Waals surface area contributed by atoms with Gasteiger partial charge < -0.3 is 9.52 Å². The van der Waals surface area contributed by atoms with E-state index in [1.807, 2.05) is 18.4 Å². The first-order valence-corrected chi connectivity index (χ1v) is 8.83. The highest BCUT2D eigenvalue weighted by Crippen LogP contribution is 2.61. The van der Waals surface area contributed by atoms with Crippen LogP contribution in [0.1, 0.15) is 58.4 Å². The molecule has 1 fully saturated rings. The number of carboxylic acids is 1. The fourth-order valence-corrected chi connectivity index (χ4v) is 5.29. The van der Waals surface area contributed by atoms with E-state index < -0.39 is 5.97 Å². The SMILES string of the molecule is CC1CC[C@@]2(C)C(C(=O)O)=CCC[C@@H]2[C@@]1(C)CCc1ccoc1. The average Bonchev–Trinajstić information content (AvgIpc) is 3.02. The zero-order chi connectivity index (χ0) is 16.7. The van der Waals surface area contributed by atoms with Crippen molar-refractivity contribution in [2.45, 2.75) is 59.3 Å². The summed E-state index contributed by atoms with van der Waals surface area (Å²) in [5.74, 6) is 0.353. The average molecular weight is 316 g/mol. The van der Waals surface area contributed by atoms with Gasteiger partial charge in [0, 0.05) is 11.0 Å². The zero-order valence-electron chi connectivity index (χ0n) is 14.5. The van der Waals surface area contributed by atoms with Gasteiger partial charge in [0.05, 0.1) is 12.5 Å². The molecule has 0 aromatic carbocycles. The van der Waals surface area contributed by atoms with Crippen molar-refractivity contribution in [1.29, 1.82) is 0 Å². The molecular formula is C20H28O3. The van der Waals surface area contributed by atoms with E-state index >= 15 is 0 Å². The van der Waals surface area contributed by atoms with Crippen LogP contribution in [0.5, 0.6) is 0 Å². The van der Waals surface area contributed by atoms with E-state index in [-0.39, 0.29) is 10.8 Å². The van der Waals surface area contributed by atoms with Crippen LogP contribution < -0.4 is 0 Å². The largest absolute Gasteiger partial charge is 0.478 e. The molecule has 3 nitrogen and oxygen atoms in total. The molecule has 1 unspecified atom stereocenters. The number of hydrogen-bond donors (Lipinski definition) is 1. The van der Waals surface area contributed by atoms with Crippen molar-refractivity contribution in [2.24, 2.45) is 22.7 Å². The summed E-state index contributed by atoms with van der Waals surface area (Å²) in [5, 5.41) is 9.68. The molecule has 23 heavy (non-hydrogen) atoms. The van der Waals surface area contributed by atoms with Crippen LogP contribution in [0, 0.1) is 22.7 Å². The van der Waals surface area contributed by atoms with Gasteiger partial charge in [0.25, 0.3) is 0 Å². The summed E-state index contributed by atoms with van der Waals surface area (Å²) in [6, 6.07) is 2.04. The first-order chi connectivity index (χ1) is 10.9. The lowest BCUT2D eigenvalue weighted by Crippen LogP contribution is -2.51. The minimum absolute atomic E-state index is 0.179. The minimum atomic E-state index is -0.719. The lowest BCUT2D eigenvalue weighted by molar-refractivity contribution is -0.137. The molecule has 126 valence electrons. The molecule has 3 heteroatoms. The third-order valence-corrected chi connectivity index (χ3v) is 6.97. The van der Waals surface area contributed by atoms with Crippen LogP contribution in [0.3, 0.4) is 0 Å². The Hall–Kier alpha value is -1.51. The summed E-state index contributed by atoms with van der Waals surface area (Å²) in [6.45, 7) is 6.94. The van der Waals surface area contributed by atoms with E-state index in [0.717, 1.165) is 38.5 Å².